The van der Waals surface area contributed by atoms with Crippen LogP contribution < -0.4 is 5.32 Å². The quantitative estimate of drug-likeness (QED) is 0.886. The molecule has 0 heterocycles. The van der Waals surface area contributed by atoms with E-state index in [1.807, 2.05) is 0 Å². The van der Waals surface area contributed by atoms with Gasteiger partial charge in [-0.15, -0.1) is 0 Å². The SMILES string of the molecule is CC(C)CC(=O)NCC1CC2c3ccccc3C1c1ccccc12. The van der Waals surface area contributed by atoms with Crippen LogP contribution in [0.1, 0.15) is 60.8 Å². The van der Waals surface area contributed by atoms with Crippen LogP contribution in [-0.2, 0) is 4.79 Å². The first-order chi connectivity index (χ1) is 11.6. The van der Waals surface area contributed by atoms with Crippen molar-refractivity contribution in [1.29, 1.82) is 0 Å². The lowest BCUT2D eigenvalue weighted by Crippen LogP contribution is -2.39. The molecule has 5 rings (SSSR count). The fraction of sp³-hybridized carbons (Fsp3) is 0.409. The smallest absolute Gasteiger partial charge is 0.220 e. The molecule has 2 nitrogen and oxygen atoms in total. The molecule has 24 heavy (non-hydrogen) atoms. The number of hydrogen-bond donors (Lipinski definition) is 1. The molecule has 0 aromatic heterocycles. The van der Waals surface area contributed by atoms with Crippen LogP contribution in [0, 0.1) is 11.8 Å². The van der Waals surface area contributed by atoms with Gasteiger partial charge in [0, 0.05) is 24.8 Å². The first-order valence-electron chi connectivity index (χ1n) is 9.09. The van der Waals surface area contributed by atoms with Gasteiger partial charge in [-0.2, -0.15) is 0 Å². The summed E-state index contributed by atoms with van der Waals surface area (Å²) >= 11 is 0. The molecule has 0 aliphatic heterocycles. The summed E-state index contributed by atoms with van der Waals surface area (Å²) in [5.74, 6) is 1.99. The standard InChI is InChI=1S/C22H25NO/c1-14(2)11-21(24)23-13-15-12-20-16-7-3-5-9-18(16)22(15)19-10-6-4-8-17(19)20/h3-10,14-15,20,22H,11-13H2,1-2H3,(H,23,24). The van der Waals surface area contributed by atoms with Crippen molar-refractivity contribution in [1.82, 2.24) is 5.32 Å². The molecule has 2 aromatic rings. The Labute approximate surface area is 144 Å². The monoisotopic (exact) mass is 319 g/mol. The van der Waals surface area contributed by atoms with Crippen molar-refractivity contribution in [2.45, 2.75) is 38.5 Å². The number of carbonyl (C=O) groups excluding carboxylic acids is 1. The maximum atomic E-state index is 12.1. The van der Waals surface area contributed by atoms with Crippen molar-refractivity contribution in [2.75, 3.05) is 6.54 Å². The van der Waals surface area contributed by atoms with Gasteiger partial charge in [0.15, 0.2) is 0 Å². The molecule has 0 fully saturated rings. The summed E-state index contributed by atoms with van der Waals surface area (Å²) in [7, 11) is 0. The average molecular weight is 319 g/mol. The second-order valence-electron chi connectivity index (χ2n) is 7.69. The Morgan fingerprint density at radius 3 is 2.08 bits per heavy atom. The van der Waals surface area contributed by atoms with Crippen LogP contribution in [0.15, 0.2) is 48.5 Å². The van der Waals surface area contributed by atoms with E-state index in [0.29, 0.717) is 30.1 Å². The minimum Gasteiger partial charge on any atom is -0.356 e. The van der Waals surface area contributed by atoms with Crippen LogP contribution in [0.25, 0.3) is 0 Å². The fourth-order valence-corrected chi connectivity index (χ4v) is 4.65. The van der Waals surface area contributed by atoms with E-state index in [2.05, 4.69) is 67.7 Å². The number of amides is 1. The Bertz CT molecular complexity index is 717. The van der Waals surface area contributed by atoms with Crippen LogP contribution in [0.2, 0.25) is 0 Å². The summed E-state index contributed by atoms with van der Waals surface area (Å²) in [6.07, 6.45) is 1.76. The van der Waals surface area contributed by atoms with Gasteiger partial charge in [0.25, 0.3) is 0 Å². The summed E-state index contributed by atoms with van der Waals surface area (Å²) in [6, 6.07) is 17.7. The van der Waals surface area contributed by atoms with E-state index >= 15 is 0 Å². The van der Waals surface area contributed by atoms with Crippen molar-refractivity contribution in [3.63, 3.8) is 0 Å². The molecule has 124 valence electrons. The van der Waals surface area contributed by atoms with Gasteiger partial charge < -0.3 is 5.32 Å². The number of rotatable bonds is 4. The third-order valence-corrected chi connectivity index (χ3v) is 5.58. The third kappa shape index (κ3) is 2.54. The summed E-state index contributed by atoms with van der Waals surface area (Å²) < 4.78 is 0. The van der Waals surface area contributed by atoms with Gasteiger partial charge in [0.05, 0.1) is 0 Å². The lowest BCUT2D eigenvalue weighted by Gasteiger charge is -2.45. The number of carbonyl (C=O) groups is 1. The van der Waals surface area contributed by atoms with Crippen LogP contribution in [0.3, 0.4) is 0 Å². The molecule has 0 radical (unpaired) electrons. The minimum absolute atomic E-state index is 0.188. The Balaban J connectivity index is 1.63. The Hall–Kier alpha value is -2.09. The van der Waals surface area contributed by atoms with Gasteiger partial charge in [-0.3, -0.25) is 4.79 Å². The van der Waals surface area contributed by atoms with Crippen molar-refractivity contribution >= 4 is 5.91 Å². The van der Waals surface area contributed by atoms with E-state index in [-0.39, 0.29) is 5.91 Å². The van der Waals surface area contributed by atoms with Crippen molar-refractivity contribution in [2.24, 2.45) is 11.8 Å². The summed E-state index contributed by atoms with van der Waals surface area (Å²) in [4.78, 5) is 12.1. The Morgan fingerprint density at radius 2 is 1.54 bits per heavy atom. The molecule has 1 unspecified atom stereocenters. The summed E-state index contributed by atoms with van der Waals surface area (Å²) in [5, 5.41) is 3.19. The molecular formula is C22H25NO. The van der Waals surface area contributed by atoms with Crippen molar-refractivity contribution < 1.29 is 4.79 Å². The lowest BCUT2D eigenvalue weighted by molar-refractivity contribution is -0.122. The maximum absolute atomic E-state index is 12.1. The lowest BCUT2D eigenvalue weighted by atomic mass is 9.59. The van der Waals surface area contributed by atoms with E-state index in [4.69, 9.17) is 0 Å². The summed E-state index contributed by atoms with van der Waals surface area (Å²) in [6.45, 7) is 4.97. The molecule has 2 heteroatoms. The molecule has 1 amide bonds. The van der Waals surface area contributed by atoms with E-state index in [0.717, 1.165) is 13.0 Å². The topological polar surface area (TPSA) is 29.1 Å². The zero-order valence-corrected chi connectivity index (χ0v) is 14.5. The third-order valence-electron chi connectivity index (χ3n) is 5.58. The normalized spacial score (nSPS) is 23.7. The zero-order valence-electron chi connectivity index (χ0n) is 14.5. The minimum atomic E-state index is 0.188. The molecule has 1 atom stereocenters. The van der Waals surface area contributed by atoms with Crippen LogP contribution >= 0.6 is 0 Å². The fourth-order valence-electron chi connectivity index (χ4n) is 4.65. The average Bonchev–Trinajstić information content (AvgIpc) is 2.59. The number of fused-ring (bicyclic) bond motifs is 1. The second kappa shape index (κ2) is 6.08. The number of nitrogens with one attached hydrogen (secondary N) is 1. The molecule has 2 bridgehead atoms. The molecule has 0 spiro atoms. The highest BCUT2D eigenvalue weighted by Gasteiger charge is 2.42. The van der Waals surface area contributed by atoms with Gasteiger partial charge in [-0.25, -0.2) is 0 Å². The highest BCUT2D eigenvalue weighted by molar-refractivity contribution is 5.76. The number of benzene rings is 2. The summed E-state index contributed by atoms with van der Waals surface area (Å²) in [5.41, 5.74) is 5.92. The predicted octanol–water partition coefficient (Wildman–Crippen LogP) is 4.45. The van der Waals surface area contributed by atoms with Crippen LogP contribution in [0.5, 0.6) is 0 Å². The molecule has 0 saturated heterocycles. The number of hydrogen-bond acceptors (Lipinski definition) is 1. The van der Waals surface area contributed by atoms with Gasteiger partial charge in [-0.05, 0) is 40.5 Å². The zero-order chi connectivity index (χ0) is 16.7. The van der Waals surface area contributed by atoms with E-state index in [1.54, 1.807) is 0 Å². The Kier molecular flexibility index (Phi) is 3.91. The Morgan fingerprint density at radius 1 is 1.00 bits per heavy atom. The molecule has 2 aromatic carbocycles. The molecular weight excluding hydrogens is 294 g/mol. The van der Waals surface area contributed by atoms with E-state index < -0.39 is 0 Å². The molecule has 3 aliphatic rings. The largest absolute Gasteiger partial charge is 0.356 e. The van der Waals surface area contributed by atoms with Crippen LogP contribution in [0.4, 0.5) is 0 Å². The van der Waals surface area contributed by atoms with Crippen molar-refractivity contribution in [3.8, 4) is 0 Å². The molecule has 1 N–H and O–H groups in total. The highest BCUT2D eigenvalue weighted by Crippen LogP contribution is 2.55. The predicted molar refractivity (Wildman–Crippen MR) is 97.1 cm³/mol. The second-order valence-corrected chi connectivity index (χ2v) is 7.69. The maximum Gasteiger partial charge on any atom is 0.220 e. The van der Waals surface area contributed by atoms with Gasteiger partial charge >= 0.3 is 0 Å². The van der Waals surface area contributed by atoms with E-state index in [9.17, 15) is 4.79 Å². The highest BCUT2D eigenvalue weighted by atomic mass is 16.1. The van der Waals surface area contributed by atoms with Crippen molar-refractivity contribution in [3.05, 3.63) is 70.8 Å². The first kappa shape index (κ1) is 15.4. The van der Waals surface area contributed by atoms with Gasteiger partial charge in [-0.1, -0.05) is 62.4 Å². The first-order valence-corrected chi connectivity index (χ1v) is 9.09. The molecule has 3 aliphatic carbocycles. The van der Waals surface area contributed by atoms with Gasteiger partial charge in [0.2, 0.25) is 5.91 Å². The van der Waals surface area contributed by atoms with Crippen LogP contribution in [-0.4, -0.2) is 12.5 Å². The van der Waals surface area contributed by atoms with E-state index in [1.165, 1.54) is 22.3 Å². The van der Waals surface area contributed by atoms with Gasteiger partial charge in [0.1, 0.15) is 0 Å². The molecule has 0 saturated carbocycles.